The smallest absolute Gasteiger partial charge is 0.126 e. The number of hydrogen-bond donors (Lipinski definition) is 2. The summed E-state index contributed by atoms with van der Waals surface area (Å²) >= 11 is 5.87. The zero-order valence-corrected chi connectivity index (χ0v) is 8.83. The molecule has 78 valence electrons. The Morgan fingerprint density at radius 2 is 2.13 bits per heavy atom. The van der Waals surface area contributed by atoms with E-state index in [4.69, 9.17) is 16.7 Å². The molecule has 0 unspecified atom stereocenters. The number of pyridine rings is 1. The maximum absolute atomic E-state index is 8.67. The number of nitrogens with one attached hydrogen (secondary N) is 1. The number of aromatic nitrogens is 1. The number of nitrogens with zero attached hydrogens (tertiary/aromatic N) is 1. The lowest BCUT2D eigenvalue weighted by Crippen LogP contribution is -2.06. The number of anilines is 1. The lowest BCUT2D eigenvalue weighted by molar-refractivity contribution is 0.311. The quantitative estimate of drug-likeness (QED) is 0.838. The Labute approximate surface area is 92.7 Å². The molecule has 15 heavy (non-hydrogen) atoms. The number of fused-ring (bicyclic) bond motifs is 1. The molecule has 1 heterocycles. The van der Waals surface area contributed by atoms with Crippen molar-refractivity contribution in [2.75, 3.05) is 18.5 Å². The van der Waals surface area contributed by atoms with E-state index in [0.29, 0.717) is 11.6 Å². The number of benzene rings is 1. The average Bonchev–Trinajstić information content (AvgIpc) is 2.26. The standard InChI is InChI=1S/C11H11ClN2O/c12-10-2-1-8-6-11(13-3-4-15)14-7-9(8)5-10/h1-2,5-7,15H,3-4H2,(H,13,14). The van der Waals surface area contributed by atoms with Crippen molar-refractivity contribution in [3.05, 3.63) is 35.5 Å². The van der Waals surface area contributed by atoms with Crippen LogP contribution in [0, 0.1) is 0 Å². The van der Waals surface area contributed by atoms with Gasteiger partial charge in [0.2, 0.25) is 0 Å². The number of hydrogen-bond acceptors (Lipinski definition) is 3. The Morgan fingerprint density at radius 1 is 1.27 bits per heavy atom. The van der Waals surface area contributed by atoms with E-state index in [9.17, 15) is 0 Å². The van der Waals surface area contributed by atoms with Gasteiger partial charge in [0.15, 0.2) is 0 Å². The van der Waals surface area contributed by atoms with Crippen LogP contribution in [-0.2, 0) is 0 Å². The van der Waals surface area contributed by atoms with Crippen molar-refractivity contribution in [2.45, 2.75) is 0 Å². The monoisotopic (exact) mass is 222 g/mol. The Hall–Kier alpha value is -1.32. The topological polar surface area (TPSA) is 45.1 Å². The summed E-state index contributed by atoms with van der Waals surface area (Å²) in [5, 5.41) is 14.5. The largest absolute Gasteiger partial charge is 0.395 e. The fourth-order valence-electron chi connectivity index (χ4n) is 1.39. The van der Waals surface area contributed by atoms with Crippen LogP contribution in [0.15, 0.2) is 30.5 Å². The van der Waals surface area contributed by atoms with Crippen molar-refractivity contribution in [2.24, 2.45) is 0 Å². The van der Waals surface area contributed by atoms with Crippen molar-refractivity contribution < 1.29 is 5.11 Å². The van der Waals surface area contributed by atoms with Crippen molar-refractivity contribution in [1.82, 2.24) is 4.98 Å². The minimum atomic E-state index is 0.0976. The van der Waals surface area contributed by atoms with Crippen LogP contribution in [0.3, 0.4) is 0 Å². The van der Waals surface area contributed by atoms with Crippen molar-refractivity contribution >= 4 is 28.2 Å². The molecule has 2 N–H and O–H groups in total. The van der Waals surface area contributed by atoms with Gasteiger partial charge in [-0.15, -0.1) is 0 Å². The molecular weight excluding hydrogens is 212 g/mol. The first-order chi connectivity index (χ1) is 7.29. The SMILES string of the molecule is OCCNc1cc2ccc(Cl)cc2cn1. The number of aliphatic hydroxyl groups excluding tert-OH is 1. The molecule has 3 nitrogen and oxygen atoms in total. The molecule has 0 amide bonds. The van der Waals surface area contributed by atoms with E-state index in [1.54, 1.807) is 6.20 Å². The second-order valence-electron chi connectivity index (χ2n) is 3.21. The van der Waals surface area contributed by atoms with Crippen LogP contribution >= 0.6 is 11.6 Å². The second-order valence-corrected chi connectivity index (χ2v) is 3.65. The molecule has 0 bridgehead atoms. The molecule has 2 rings (SSSR count). The van der Waals surface area contributed by atoms with Crippen molar-refractivity contribution in [1.29, 1.82) is 0 Å². The van der Waals surface area contributed by atoms with Gasteiger partial charge < -0.3 is 10.4 Å². The molecule has 0 aliphatic rings. The third-order valence-electron chi connectivity index (χ3n) is 2.10. The summed E-state index contributed by atoms with van der Waals surface area (Å²) in [5.41, 5.74) is 0. The Kier molecular flexibility index (Phi) is 3.04. The van der Waals surface area contributed by atoms with Crippen molar-refractivity contribution in [3.8, 4) is 0 Å². The van der Waals surface area contributed by atoms with Gasteiger partial charge in [-0.25, -0.2) is 4.98 Å². The van der Waals surface area contributed by atoms with Gasteiger partial charge >= 0.3 is 0 Å². The summed E-state index contributed by atoms with van der Waals surface area (Å²) < 4.78 is 0. The van der Waals surface area contributed by atoms with Crippen molar-refractivity contribution in [3.63, 3.8) is 0 Å². The van der Waals surface area contributed by atoms with E-state index < -0.39 is 0 Å². The normalized spacial score (nSPS) is 10.5. The summed E-state index contributed by atoms with van der Waals surface area (Å²) in [6, 6.07) is 7.60. The first kappa shape index (κ1) is 10.2. The summed E-state index contributed by atoms with van der Waals surface area (Å²) in [6.07, 6.45) is 1.76. The zero-order valence-electron chi connectivity index (χ0n) is 8.07. The first-order valence-corrected chi connectivity index (χ1v) is 5.07. The summed E-state index contributed by atoms with van der Waals surface area (Å²) in [6.45, 7) is 0.604. The molecule has 4 heteroatoms. The number of aliphatic hydroxyl groups is 1. The maximum Gasteiger partial charge on any atom is 0.126 e. The van der Waals surface area contributed by atoms with E-state index >= 15 is 0 Å². The molecule has 0 aliphatic carbocycles. The zero-order chi connectivity index (χ0) is 10.7. The molecule has 1 aromatic heterocycles. The predicted molar refractivity (Wildman–Crippen MR) is 62.3 cm³/mol. The van der Waals surface area contributed by atoms with E-state index in [2.05, 4.69) is 10.3 Å². The van der Waals surface area contributed by atoms with Gasteiger partial charge in [0.05, 0.1) is 6.61 Å². The molecule has 2 aromatic rings. The van der Waals surface area contributed by atoms with E-state index in [0.717, 1.165) is 16.6 Å². The fourth-order valence-corrected chi connectivity index (χ4v) is 1.57. The number of rotatable bonds is 3. The Morgan fingerprint density at radius 3 is 2.93 bits per heavy atom. The van der Waals surface area contributed by atoms with Crippen LogP contribution < -0.4 is 5.32 Å². The average molecular weight is 223 g/mol. The van der Waals surface area contributed by atoms with E-state index in [-0.39, 0.29) is 6.61 Å². The second kappa shape index (κ2) is 4.47. The molecule has 0 saturated carbocycles. The third-order valence-corrected chi connectivity index (χ3v) is 2.34. The van der Waals surface area contributed by atoms with E-state index in [1.165, 1.54) is 0 Å². The molecule has 1 aromatic carbocycles. The highest BCUT2D eigenvalue weighted by atomic mass is 35.5. The molecule has 0 aliphatic heterocycles. The van der Waals surface area contributed by atoms with E-state index in [1.807, 2.05) is 24.3 Å². The molecule has 0 spiro atoms. The van der Waals surface area contributed by atoms with Gasteiger partial charge in [-0.2, -0.15) is 0 Å². The molecule has 0 saturated heterocycles. The van der Waals surface area contributed by atoms with Crippen LogP contribution in [0.5, 0.6) is 0 Å². The minimum absolute atomic E-state index is 0.0976. The Bertz CT molecular complexity index is 473. The molecule has 0 fully saturated rings. The van der Waals surface area contributed by atoms with Crippen LogP contribution in [0.1, 0.15) is 0 Å². The number of halogens is 1. The molecular formula is C11H11ClN2O. The van der Waals surface area contributed by atoms with Gasteiger partial charge in [-0.05, 0) is 23.6 Å². The van der Waals surface area contributed by atoms with Crippen LogP contribution in [-0.4, -0.2) is 23.2 Å². The summed E-state index contributed by atoms with van der Waals surface area (Å²) in [5.74, 6) is 0.763. The van der Waals surface area contributed by atoms with Crippen LogP contribution in [0.25, 0.3) is 10.8 Å². The van der Waals surface area contributed by atoms with Gasteiger partial charge in [0, 0.05) is 23.2 Å². The Balaban J connectivity index is 2.34. The van der Waals surface area contributed by atoms with Crippen LogP contribution in [0.2, 0.25) is 5.02 Å². The third kappa shape index (κ3) is 2.37. The highest BCUT2D eigenvalue weighted by molar-refractivity contribution is 6.31. The van der Waals surface area contributed by atoms with Gasteiger partial charge in [-0.3, -0.25) is 0 Å². The van der Waals surface area contributed by atoms with Gasteiger partial charge in [0.1, 0.15) is 5.82 Å². The highest BCUT2D eigenvalue weighted by Gasteiger charge is 1.98. The first-order valence-electron chi connectivity index (χ1n) is 4.69. The molecule has 0 atom stereocenters. The predicted octanol–water partition coefficient (Wildman–Crippen LogP) is 2.29. The van der Waals surface area contributed by atoms with Crippen LogP contribution in [0.4, 0.5) is 5.82 Å². The summed E-state index contributed by atoms with van der Waals surface area (Å²) in [7, 11) is 0. The van der Waals surface area contributed by atoms with Gasteiger partial charge in [-0.1, -0.05) is 17.7 Å². The minimum Gasteiger partial charge on any atom is -0.395 e. The summed E-state index contributed by atoms with van der Waals surface area (Å²) in [4.78, 5) is 4.20. The lowest BCUT2D eigenvalue weighted by Gasteiger charge is -2.04. The fraction of sp³-hybridized carbons (Fsp3) is 0.182. The molecule has 0 radical (unpaired) electrons. The maximum atomic E-state index is 8.67. The van der Waals surface area contributed by atoms with Gasteiger partial charge in [0.25, 0.3) is 0 Å². The lowest BCUT2D eigenvalue weighted by atomic mass is 10.2. The highest BCUT2D eigenvalue weighted by Crippen LogP contribution is 2.20.